The van der Waals surface area contributed by atoms with Gasteiger partial charge >= 0.3 is 12.2 Å². The molecular weight excluding hydrogens is 417 g/mol. The number of aliphatic hydroxyl groups is 1. The molecule has 0 aliphatic carbocycles. The predicted molar refractivity (Wildman–Crippen MR) is 103 cm³/mol. The van der Waals surface area contributed by atoms with Gasteiger partial charge in [0.1, 0.15) is 12.4 Å². The van der Waals surface area contributed by atoms with Crippen molar-refractivity contribution >= 4 is 11.8 Å². The number of nitrogens with one attached hydrogen (secondary N) is 2. The van der Waals surface area contributed by atoms with E-state index < -0.39 is 35.7 Å². The standard InChI is InChI=1S/C21H21F3N2O5/c1-12(27)17-18(25-19(28)26-20(17,29)21(22,23)24)14-8-9-15(16(10-14)30-2)31-11-13-6-4-3-5-7-13/h3-10,17-18,29H,11H2,1-2H3,(H2,25,26,28). The molecule has 3 rings (SSSR count). The lowest BCUT2D eigenvalue weighted by atomic mass is 9.79. The second-order valence-corrected chi connectivity index (χ2v) is 7.11. The third-order valence-electron chi connectivity index (χ3n) is 5.03. The quantitative estimate of drug-likeness (QED) is 0.644. The molecular formula is C21H21F3N2O5. The topological polar surface area (TPSA) is 96.9 Å². The molecule has 2 aromatic rings. The fraction of sp³-hybridized carbons (Fsp3) is 0.333. The first-order chi connectivity index (χ1) is 14.6. The van der Waals surface area contributed by atoms with Crippen molar-refractivity contribution in [3.8, 4) is 11.5 Å². The molecule has 1 aliphatic rings. The molecule has 2 aromatic carbocycles. The van der Waals surface area contributed by atoms with E-state index in [1.165, 1.54) is 30.6 Å². The number of rotatable bonds is 6. The van der Waals surface area contributed by atoms with Crippen molar-refractivity contribution in [3.63, 3.8) is 0 Å². The van der Waals surface area contributed by atoms with Crippen molar-refractivity contribution in [2.75, 3.05) is 7.11 Å². The zero-order valence-corrected chi connectivity index (χ0v) is 16.7. The molecule has 2 amide bonds. The Labute approximate surface area is 176 Å². The van der Waals surface area contributed by atoms with Gasteiger partial charge in [-0.25, -0.2) is 4.79 Å². The first-order valence-corrected chi connectivity index (χ1v) is 9.29. The molecule has 0 saturated carbocycles. The Morgan fingerprint density at radius 3 is 2.42 bits per heavy atom. The number of amides is 2. The molecule has 0 aromatic heterocycles. The lowest BCUT2D eigenvalue weighted by molar-refractivity contribution is -0.290. The summed E-state index contributed by atoms with van der Waals surface area (Å²) >= 11 is 0. The van der Waals surface area contributed by atoms with Crippen LogP contribution in [0, 0.1) is 5.92 Å². The number of hydrogen-bond donors (Lipinski definition) is 3. The molecule has 0 bridgehead atoms. The van der Waals surface area contributed by atoms with Gasteiger partial charge in [0.25, 0.3) is 0 Å². The van der Waals surface area contributed by atoms with Crippen LogP contribution in [-0.4, -0.2) is 35.9 Å². The van der Waals surface area contributed by atoms with E-state index in [1.54, 1.807) is 0 Å². The predicted octanol–water partition coefficient (Wildman–Crippen LogP) is 3.08. The number of Topliss-reactive ketones (excluding diaryl/α,β-unsaturated/α-hetero) is 1. The molecule has 3 N–H and O–H groups in total. The number of methoxy groups -OCH3 is 1. The van der Waals surface area contributed by atoms with Crippen LogP contribution in [0.1, 0.15) is 24.1 Å². The number of carbonyl (C=O) groups is 2. The van der Waals surface area contributed by atoms with Gasteiger partial charge in [-0.15, -0.1) is 0 Å². The number of alkyl halides is 3. The summed E-state index contributed by atoms with van der Waals surface area (Å²) in [5, 5.41) is 14.0. The van der Waals surface area contributed by atoms with Crippen molar-refractivity contribution in [2.45, 2.75) is 31.5 Å². The van der Waals surface area contributed by atoms with Crippen molar-refractivity contribution in [2.24, 2.45) is 5.92 Å². The number of carbonyl (C=O) groups excluding carboxylic acids is 2. The van der Waals surface area contributed by atoms with Crippen molar-refractivity contribution in [3.05, 3.63) is 59.7 Å². The Balaban J connectivity index is 1.94. The minimum absolute atomic E-state index is 0.140. The van der Waals surface area contributed by atoms with Crippen LogP contribution in [0.2, 0.25) is 0 Å². The number of hydrogen-bond acceptors (Lipinski definition) is 5. The van der Waals surface area contributed by atoms with Crippen LogP contribution in [0.25, 0.3) is 0 Å². The minimum Gasteiger partial charge on any atom is -0.493 e. The largest absolute Gasteiger partial charge is 0.493 e. The van der Waals surface area contributed by atoms with Crippen molar-refractivity contribution in [1.82, 2.24) is 10.6 Å². The van der Waals surface area contributed by atoms with Crippen LogP contribution in [0.5, 0.6) is 11.5 Å². The van der Waals surface area contributed by atoms with Gasteiger partial charge in [-0.1, -0.05) is 36.4 Å². The molecule has 0 radical (unpaired) electrons. The van der Waals surface area contributed by atoms with E-state index in [0.29, 0.717) is 5.75 Å². The second-order valence-electron chi connectivity index (χ2n) is 7.11. The summed E-state index contributed by atoms with van der Waals surface area (Å²) in [6.45, 7) is 1.15. The Kier molecular flexibility index (Phi) is 6.12. The highest BCUT2D eigenvalue weighted by atomic mass is 19.4. The van der Waals surface area contributed by atoms with Crippen LogP contribution < -0.4 is 20.1 Å². The maximum atomic E-state index is 13.6. The molecule has 31 heavy (non-hydrogen) atoms. The van der Waals surface area contributed by atoms with E-state index in [1.807, 2.05) is 30.3 Å². The first kappa shape index (κ1) is 22.4. The number of urea groups is 1. The fourth-order valence-electron chi connectivity index (χ4n) is 3.54. The van der Waals surface area contributed by atoms with Gasteiger partial charge in [-0.3, -0.25) is 4.79 Å². The Morgan fingerprint density at radius 2 is 1.84 bits per heavy atom. The van der Waals surface area contributed by atoms with Gasteiger partial charge < -0.3 is 25.2 Å². The van der Waals surface area contributed by atoms with E-state index in [-0.39, 0.29) is 17.9 Å². The molecule has 166 valence electrons. The number of ketones is 1. The molecule has 10 heteroatoms. The Bertz CT molecular complexity index is 967. The third-order valence-corrected chi connectivity index (χ3v) is 5.03. The van der Waals surface area contributed by atoms with E-state index in [4.69, 9.17) is 9.47 Å². The zero-order valence-electron chi connectivity index (χ0n) is 16.7. The molecule has 1 heterocycles. The average Bonchev–Trinajstić information content (AvgIpc) is 2.71. The molecule has 0 spiro atoms. The van der Waals surface area contributed by atoms with Crippen LogP contribution in [0.15, 0.2) is 48.5 Å². The molecule has 1 fully saturated rings. The van der Waals surface area contributed by atoms with Crippen LogP contribution >= 0.6 is 0 Å². The van der Waals surface area contributed by atoms with Crippen molar-refractivity contribution in [1.29, 1.82) is 0 Å². The molecule has 1 saturated heterocycles. The SMILES string of the molecule is COc1cc(C2NC(=O)NC(O)(C(F)(F)F)C2C(C)=O)ccc1OCc1ccccc1. The van der Waals surface area contributed by atoms with E-state index in [9.17, 15) is 27.9 Å². The Hall–Kier alpha value is -3.27. The van der Waals surface area contributed by atoms with Gasteiger partial charge in [0.15, 0.2) is 11.5 Å². The monoisotopic (exact) mass is 438 g/mol. The van der Waals surface area contributed by atoms with Crippen LogP contribution in [0.3, 0.4) is 0 Å². The van der Waals surface area contributed by atoms with Gasteiger partial charge in [-0.2, -0.15) is 13.2 Å². The highest BCUT2D eigenvalue weighted by molar-refractivity contribution is 5.86. The summed E-state index contributed by atoms with van der Waals surface area (Å²) in [5.74, 6) is -2.47. The lowest BCUT2D eigenvalue weighted by Crippen LogP contribution is -2.72. The Morgan fingerprint density at radius 1 is 1.16 bits per heavy atom. The van der Waals surface area contributed by atoms with E-state index in [2.05, 4.69) is 5.32 Å². The summed E-state index contributed by atoms with van der Waals surface area (Å²) < 4.78 is 51.8. The fourth-order valence-corrected chi connectivity index (χ4v) is 3.54. The van der Waals surface area contributed by atoms with Crippen LogP contribution in [-0.2, 0) is 11.4 Å². The smallest absolute Gasteiger partial charge is 0.437 e. The highest BCUT2D eigenvalue weighted by Crippen LogP contribution is 2.44. The molecule has 3 atom stereocenters. The van der Waals surface area contributed by atoms with Crippen molar-refractivity contribution < 1.29 is 37.3 Å². The van der Waals surface area contributed by atoms with Gasteiger partial charge in [0.05, 0.1) is 19.1 Å². The first-order valence-electron chi connectivity index (χ1n) is 9.29. The van der Waals surface area contributed by atoms with Gasteiger partial charge in [0.2, 0.25) is 5.72 Å². The molecule has 3 unspecified atom stereocenters. The van der Waals surface area contributed by atoms with Gasteiger partial charge in [0, 0.05) is 0 Å². The highest BCUT2D eigenvalue weighted by Gasteiger charge is 2.65. The number of halogens is 3. The minimum atomic E-state index is -5.28. The molecule has 7 nitrogen and oxygen atoms in total. The maximum absolute atomic E-state index is 13.6. The summed E-state index contributed by atoms with van der Waals surface area (Å²) in [7, 11) is 1.35. The summed E-state index contributed by atoms with van der Waals surface area (Å²) in [5.41, 5.74) is -2.69. The number of ether oxygens (including phenoxy) is 2. The van der Waals surface area contributed by atoms with Gasteiger partial charge in [-0.05, 0) is 30.2 Å². The third kappa shape index (κ3) is 4.43. The number of benzene rings is 2. The maximum Gasteiger partial charge on any atom is 0.437 e. The molecule has 1 aliphatic heterocycles. The lowest BCUT2D eigenvalue weighted by Gasteiger charge is -2.44. The second kappa shape index (κ2) is 8.46. The van der Waals surface area contributed by atoms with E-state index in [0.717, 1.165) is 12.5 Å². The summed E-state index contributed by atoms with van der Waals surface area (Å²) in [6.07, 6.45) is -5.28. The van der Waals surface area contributed by atoms with E-state index >= 15 is 0 Å². The van der Waals surface area contributed by atoms with Crippen LogP contribution in [0.4, 0.5) is 18.0 Å². The summed E-state index contributed by atoms with van der Waals surface area (Å²) in [6, 6.07) is 10.8. The average molecular weight is 438 g/mol. The zero-order chi connectivity index (χ0) is 22.8. The summed E-state index contributed by atoms with van der Waals surface area (Å²) in [4.78, 5) is 24.0. The normalized spacial score (nSPS) is 23.5.